The average Bonchev–Trinajstić information content (AvgIpc) is 3.30. The van der Waals surface area contributed by atoms with Gasteiger partial charge < -0.3 is 20.4 Å². The Labute approximate surface area is 216 Å². The van der Waals surface area contributed by atoms with Crippen molar-refractivity contribution < 1.29 is 4.79 Å². The zero-order chi connectivity index (χ0) is 25.9. The van der Waals surface area contributed by atoms with E-state index in [4.69, 9.17) is 9.97 Å². The van der Waals surface area contributed by atoms with E-state index in [0.29, 0.717) is 22.9 Å². The molecular weight excluding hydrogens is 474 g/mol. The molecule has 0 atom stereocenters. The molecule has 3 aromatic rings. The van der Waals surface area contributed by atoms with E-state index in [0.717, 1.165) is 42.5 Å². The van der Waals surface area contributed by atoms with Gasteiger partial charge in [0, 0.05) is 59.9 Å². The van der Waals surface area contributed by atoms with Gasteiger partial charge in [-0.05, 0) is 43.1 Å². The van der Waals surface area contributed by atoms with Crippen LogP contribution >= 0.6 is 11.8 Å². The number of carbonyl (C=O) groups excluding carboxylic acids is 1. The van der Waals surface area contributed by atoms with Crippen LogP contribution < -0.4 is 15.5 Å². The zero-order valence-corrected chi connectivity index (χ0v) is 22.6. The number of aromatic amines is 1. The van der Waals surface area contributed by atoms with Crippen LogP contribution in [-0.2, 0) is 10.2 Å². The topological polar surface area (TPSA) is 115 Å². The average molecular weight is 510 g/mol. The number of benzene rings is 1. The summed E-state index contributed by atoms with van der Waals surface area (Å²) in [6, 6.07) is 9.67. The quantitative estimate of drug-likeness (QED) is 0.432. The van der Waals surface area contributed by atoms with Gasteiger partial charge in [-0.2, -0.15) is 20.1 Å². The van der Waals surface area contributed by atoms with Crippen molar-refractivity contribution in [3.63, 3.8) is 0 Å². The van der Waals surface area contributed by atoms with Gasteiger partial charge in [0.05, 0.1) is 0 Å². The van der Waals surface area contributed by atoms with Crippen LogP contribution in [0.4, 0.5) is 23.4 Å². The van der Waals surface area contributed by atoms with Gasteiger partial charge in [0.1, 0.15) is 0 Å². The maximum Gasteiger partial charge on any atom is 0.234 e. The number of anilines is 4. The lowest BCUT2D eigenvalue weighted by molar-refractivity contribution is -0.118. The van der Waals surface area contributed by atoms with Crippen LogP contribution in [0.2, 0.25) is 0 Å². The highest BCUT2D eigenvalue weighted by Gasteiger charge is 2.21. The van der Waals surface area contributed by atoms with Crippen molar-refractivity contribution in [3.8, 4) is 0 Å². The number of aromatic nitrogens is 5. The summed E-state index contributed by atoms with van der Waals surface area (Å²) in [5.74, 6) is 1.69. The van der Waals surface area contributed by atoms with Crippen LogP contribution in [0.1, 0.15) is 40.3 Å². The predicted molar refractivity (Wildman–Crippen MR) is 144 cm³/mol. The number of amides is 1. The van der Waals surface area contributed by atoms with Gasteiger partial charge in [-0.3, -0.25) is 9.89 Å². The van der Waals surface area contributed by atoms with Crippen molar-refractivity contribution in [3.05, 3.63) is 36.0 Å². The maximum absolute atomic E-state index is 12.0. The number of carbonyl (C=O) groups is 1. The molecular formula is C25H35N9OS. The minimum Gasteiger partial charge on any atom is -0.338 e. The number of hydrogen-bond donors (Lipinski definition) is 3. The molecule has 0 radical (unpaired) electrons. The second-order valence-corrected chi connectivity index (χ2v) is 11.4. The van der Waals surface area contributed by atoms with Crippen LogP contribution in [0.15, 0.2) is 40.4 Å². The number of likely N-dealkylation sites (N-methyl/N-ethyl adjacent to an activating group) is 1. The van der Waals surface area contributed by atoms with Gasteiger partial charge in [0.15, 0.2) is 11.0 Å². The molecule has 1 saturated heterocycles. The summed E-state index contributed by atoms with van der Waals surface area (Å²) in [7, 11) is 2.12. The van der Waals surface area contributed by atoms with Crippen molar-refractivity contribution in [1.29, 1.82) is 0 Å². The first kappa shape index (κ1) is 25.9. The normalized spacial score (nSPS) is 14.8. The standard InChI is InChI=1S/C25H35N9OS/c1-16(2)21(35)26-17-7-9-18(10-8-17)36-24-29-22(27-20-15-19(31-32-20)25(3,4)5)28-23(30-24)34-13-11-33(6)12-14-34/h7-10,15-16H,11-14H2,1-6H3,(H,26,35)(H2,27,28,29,30,31,32). The molecule has 0 spiro atoms. The van der Waals surface area contributed by atoms with Gasteiger partial charge in [-0.25, -0.2) is 0 Å². The Hall–Kier alpha value is -3.18. The van der Waals surface area contributed by atoms with Crippen LogP contribution in [0, 0.1) is 5.92 Å². The Morgan fingerprint density at radius 2 is 1.75 bits per heavy atom. The Morgan fingerprint density at radius 3 is 2.36 bits per heavy atom. The first-order valence-corrected chi connectivity index (χ1v) is 13.0. The van der Waals surface area contributed by atoms with Crippen molar-refractivity contribution in [2.45, 2.75) is 50.1 Å². The Balaban J connectivity index is 1.56. The summed E-state index contributed by atoms with van der Waals surface area (Å²) in [6.07, 6.45) is 0. The van der Waals surface area contributed by atoms with E-state index in [1.165, 1.54) is 11.8 Å². The summed E-state index contributed by atoms with van der Waals surface area (Å²) in [6.45, 7) is 13.7. The maximum atomic E-state index is 12.0. The minimum atomic E-state index is -0.0721. The third-order valence-corrected chi connectivity index (χ3v) is 6.74. The molecule has 0 saturated carbocycles. The molecule has 0 unspecified atom stereocenters. The SMILES string of the molecule is CC(C)C(=O)Nc1ccc(Sc2nc(Nc3cc(C(C)(C)C)[nH]n3)nc(N3CCN(C)CC3)n2)cc1. The molecule has 10 nitrogen and oxygen atoms in total. The van der Waals surface area contributed by atoms with Crippen LogP contribution in [0.3, 0.4) is 0 Å². The number of piperazine rings is 1. The molecule has 11 heteroatoms. The van der Waals surface area contributed by atoms with Crippen molar-refractivity contribution >= 4 is 41.1 Å². The molecule has 3 N–H and O–H groups in total. The Morgan fingerprint density at radius 1 is 1.06 bits per heavy atom. The van der Waals surface area contributed by atoms with E-state index >= 15 is 0 Å². The highest BCUT2D eigenvalue weighted by atomic mass is 32.2. The number of nitrogens with zero attached hydrogens (tertiary/aromatic N) is 6. The van der Waals surface area contributed by atoms with E-state index in [-0.39, 0.29) is 17.2 Å². The number of nitrogens with one attached hydrogen (secondary N) is 3. The monoisotopic (exact) mass is 509 g/mol. The minimum absolute atomic E-state index is 0.00612. The summed E-state index contributed by atoms with van der Waals surface area (Å²) in [4.78, 5) is 31.6. The molecule has 1 aliphatic rings. The first-order valence-electron chi connectivity index (χ1n) is 12.2. The molecule has 36 heavy (non-hydrogen) atoms. The number of H-pyrrole nitrogens is 1. The second kappa shape index (κ2) is 10.8. The molecule has 3 heterocycles. The predicted octanol–water partition coefficient (Wildman–Crippen LogP) is 4.13. The fourth-order valence-corrected chi connectivity index (χ4v) is 4.22. The third kappa shape index (κ3) is 6.73. The lowest BCUT2D eigenvalue weighted by atomic mass is 9.92. The van der Waals surface area contributed by atoms with Crippen LogP contribution in [0.5, 0.6) is 0 Å². The number of rotatable bonds is 7. The van der Waals surface area contributed by atoms with Gasteiger partial charge >= 0.3 is 0 Å². The molecule has 2 aromatic heterocycles. The fourth-order valence-electron chi connectivity index (χ4n) is 3.48. The summed E-state index contributed by atoms with van der Waals surface area (Å²) < 4.78 is 0. The van der Waals surface area contributed by atoms with Gasteiger partial charge in [-0.1, -0.05) is 34.6 Å². The van der Waals surface area contributed by atoms with Gasteiger partial charge in [-0.15, -0.1) is 0 Å². The fraction of sp³-hybridized carbons (Fsp3) is 0.480. The van der Waals surface area contributed by atoms with Crippen molar-refractivity contribution in [1.82, 2.24) is 30.0 Å². The van der Waals surface area contributed by atoms with E-state index in [2.05, 4.69) is 63.4 Å². The first-order chi connectivity index (χ1) is 17.1. The molecule has 1 amide bonds. The lowest BCUT2D eigenvalue weighted by Crippen LogP contribution is -2.45. The zero-order valence-electron chi connectivity index (χ0n) is 21.8. The van der Waals surface area contributed by atoms with Gasteiger partial charge in [0.25, 0.3) is 0 Å². The van der Waals surface area contributed by atoms with E-state index in [1.807, 2.05) is 44.2 Å². The van der Waals surface area contributed by atoms with Crippen molar-refractivity contribution in [2.24, 2.45) is 5.92 Å². The molecule has 1 aliphatic heterocycles. The summed E-state index contributed by atoms with van der Waals surface area (Å²) in [5, 5.41) is 14.2. The van der Waals surface area contributed by atoms with Crippen molar-refractivity contribution in [2.75, 3.05) is 48.8 Å². The van der Waals surface area contributed by atoms with E-state index < -0.39 is 0 Å². The highest BCUT2D eigenvalue weighted by Crippen LogP contribution is 2.29. The Bertz CT molecular complexity index is 1180. The molecule has 192 valence electrons. The lowest BCUT2D eigenvalue weighted by Gasteiger charge is -2.32. The smallest absolute Gasteiger partial charge is 0.234 e. The van der Waals surface area contributed by atoms with E-state index in [1.54, 1.807) is 0 Å². The largest absolute Gasteiger partial charge is 0.338 e. The van der Waals surface area contributed by atoms with Crippen LogP contribution in [-0.4, -0.2) is 69.2 Å². The van der Waals surface area contributed by atoms with E-state index in [9.17, 15) is 4.79 Å². The summed E-state index contributed by atoms with van der Waals surface area (Å²) in [5.41, 5.74) is 1.75. The number of hydrogen-bond acceptors (Lipinski definition) is 9. The second-order valence-electron chi connectivity index (χ2n) is 10.3. The third-order valence-electron chi connectivity index (χ3n) is 5.87. The molecule has 1 fully saturated rings. The Kier molecular flexibility index (Phi) is 7.79. The molecule has 0 bridgehead atoms. The molecule has 4 rings (SSSR count). The highest BCUT2D eigenvalue weighted by molar-refractivity contribution is 7.99. The van der Waals surface area contributed by atoms with Gasteiger partial charge in [0.2, 0.25) is 17.8 Å². The van der Waals surface area contributed by atoms with Crippen LogP contribution in [0.25, 0.3) is 0 Å². The molecule has 0 aliphatic carbocycles. The molecule has 1 aromatic carbocycles. The summed E-state index contributed by atoms with van der Waals surface area (Å²) >= 11 is 1.45.